The molecule has 0 aliphatic carbocycles. The summed E-state index contributed by atoms with van der Waals surface area (Å²) in [5, 5.41) is 21.2. The lowest BCUT2D eigenvalue weighted by atomic mass is 9.89. The average molecular weight is 230 g/mol. The van der Waals surface area contributed by atoms with Gasteiger partial charge >= 0.3 is 6.09 Å². The molecule has 3 N–H and O–H groups in total. The fourth-order valence-corrected chi connectivity index (χ4v) is 2.40. The molecule has 6 nitrogen and oxygen atoms in total. The molecule has 2 rings (SSSR count). The monoisotopic (exact) mass is 230 g/mol. The highest BCUT2D eigenvalue weighted by Crippen LogP contribution is 2.29. The fraction of sp³-hybridized carbons (Fsp3) is 0.900. The number of morpholine rings is 1. The first-order chi connectivity index (χ1) is 7.65. The van der Waals surface area contributed by atoms with Crippen molar-refractivity contribution in [2.45, 2.75) is 24.5 Å². The number of nitrogens with one attached hydrogen (secondary N) is 1. The van der Waals surface area contributed by atoms with Gasteiger partial charge in [-0.2, -0.15) is 0 Å². The van der Waals surface area contributed by atoms with Gasteiger partial charge in [0.15, 0.2) is 0 Å². The lowest BCUT2D eigenvalue weighted by Crippen LogP contribution is -2.59. The van der Waals surface area contributed by atoms with Crippen molar-refractivity contribution < 1.29 is 19.7 Å². The molecule has 6 heteroatoms. The molecule has 2 fully saturated rings. The Morgan fingerprint density at radius 1 is 1.50 bits per heavy atom. The van der Waals surface area contributed by atoms with E-state index in [0.29, 0.717) is 32.5 Å². The van der Waals surface area contributed by atoms with Crippen LogP contribution in [0.25, 0.3) is 0 Å². The van der Waals surface area contributed by atoms with E-state index in [9.17, 15) is 4.79 Å². The van der Waals surface area contributed by atoms with Gasteiger partial charge in [-0.05, 0) is 12.8 Å². The van der Waals surface area contributed by atoms with Gasteiger partial charge in [-0.15, -0.1) is 0 Å². The molecule has 0 bridgehead atoms. The molecule has 1 atom stereocenters. The summed E-state index contributed by atoms with van der Waals surface area (Å²) in [6.45, 7) is 2.44. The maximum atomic E-state index is 10.8. The van der Waals surface area contributed by atoms with Crippen molar-refractivity contribution in [3.05, 3.63) is 0 Å². The van der Waals surface area contributed by atoms with Gasteiger partial charge in [0, 0.05) is 26.2 Å². The van der Waals surface area contributed by atoms with Crippen LogP contribution < -0.4 is 5.32 Å². The number of aliphatic hydroxyl groups is 1. The van der Waals surface area contributed by atoms with E-state index >= 15 is 0 Å². The molecule has 1 amide bonds. The Hall–Kier alpha value is -0.850. The maximum absolute atomic E-state index is 10.8. The van der Waals surface area contributed by atoms with Gasteiger partial charge < -0.3 is 25.2 Å². The Kier molecular flexibility index (Phi) is 3.32. The van der Waals surface area contributed by atoms with Gasteiger partial charge in [0.1, 0.15) is 0 Å². The molecule has 0 saturated carbocycles. The van der Waals surface area contributed by atoms with Crippen LogP contribution in [0.5, 0.6) is 0 Å². The summed E-state index contributed by atoms with van der Waals surface area (Å²) in [6.07, 6.45) is 0.369. The van der Waals surface area contributed by atoms with Crippen LogP contribution in [0.1, 0.15) is 12.8 Å². The molecule has 16 heavy (non-hydrogen) atoms. The highest BCUT2D eigenvalue weighted by atomic mass is 16.5. The van der Waals surface area contributed by atoms with Crippen LogP contribution >= 0.6 is 0 Å². The van der Waals surface area contributed by atoms with Crippen LogP contribution in [0.15, 0.2) is 0 Å². The van der Waals surface area contributed by atoms with E-state index in [4.69, 9.17) is 14.9 Å². The Morgan fingerprint density at radius 3 is 2.75 bits per heavy atom. The molecule has 0 aromatic heterocycles. The quantitative estimate of drug-likeness (QED) is 0.564. The van der Waals surface area contributed by atoms with Gasteiger partial charge in [0.05, 0.1) is 18.3 Å². The molecule has 92 valence electrons. The molecule has 2 aliphatic rings. The molecule has 1 unspecified atom stereocenters. The van der Waals surface area contributed by atoms with E-state index in [1.807, 2.05) is 0 Å². The molecule has 2 saturated heterocycles. The third kappa shape index (κ3) is 2.28. The highest BCUT2D eigenvalue weighted by molar-refractivity contribution is 5.65. The summed E-state index contributed by atoms with van der Waals surface area (Å²) < 4.78 is 5.86. The molecular formula is C10H18N2O4. The van der Waals surface area contributed by atoms with Crippen LogP contribution in [-0.4, -0.2) is 65.7 Å². The van der Waals surface area contributed by atoms with E-state index in [1.54, 1.807) is 0 Å². The number of aliphatic hydroxyl groups excluding tert-OH is 1. The second-order valence-corrected chi connectivity index (χ2v) is 4.51. The fourth-order valence-electron chi connectivity index (χ4n) is 2.40. The second-order valence-electron chi connectivity index (χ2n) is 4.51. The summed E-state index contributed by atoms with van der Waals surface area (Å²) in [6, 6.07) is 0. The van der Waals surface area contributed by atoms with E-state index in [-0.39, 0.29) is 18.3 Å². The zero-order valence-corrected chi connectivity index (χ0v) is 9.19. The minimum Gasteiger partial charge on any atom is -0.465 e. The van der Waals surface area contributed by atoms with Gasteiger partial charge in [-0.25, -0.2) is 4.79 Å². The van der Waals surface area contributed by atoms with Gasteiger partial charge in [-0.1, -0.05) is 0 Å². The first-order valence-corrected chi connectivity index (χ1v) is 5.62. The molecule has 2 heterocycles. The van der Waals surface area contributed by atoms with Crippen molar-refractivity contribution in [3.8, 4) is 0 Å². The maximum Gasteiger partial charge on any atom is 0.407 e. The molecule has 1 spiro atoms. The van der Waals surface area contributed by atoms with Crippen LogP contribution in [0.3, 0.4) is 0 Å². The number of nitrogens with zero attached hydrogens (tertiary/aromatic N) is 1. The third-order valence-electron chi connectivity index (χ3n) is 3.38. The van der Waals surface area contributed by atoms with E-state index in [2.05, 4.69) is 5.32 Å². The summed E-state index contributed by atoms with van der Waals surface area (Å²) in [5.74, 6) is 0. The lowest BCUT2D eigenvalue weighted by Gasteiger charge is -2.45. The Bertz CT molecular complexity index is 264. The number of ether oxygens (including phenoxy) is 1. The third-order valence-corrected chi connectivity index (χ3v) is 3.38. The summed E-state index contributed by atoms with van der Waals surface area (Å²) >= 11 is 0. The van der Waals surface area contributed by atoms with Crippen LogP contribution in [0, 0.1) is 0 Å². The number of amides is 1. The van der Waals surface area contributed by atoms with E-state index in [0.717, 1.165) is 6.54 Å². The Labute approximate surface area is 94.2 Å². The van der Waals surface area contributed by atoms with Gasteiger partial charge in [0.25, 0.3) is 0 Å². The topological polar surface area (TPSA) is 82.0 Å². The summed E-state index contributed by atoms with van der Waals surface area (Å²) in [7, 11) is 0. The van der Waals surface area contributed by atoms with Crippen molar-refractivity contribution in [2.75, 3.05) is 32.8 Å². The first-order valence-electron chi connectivity index (χ1n) is 5.62. The number of carbonyl (C=O) groups is 1. The van der Waals surface area contributed by atoms with Gasteiger partial charge in [-0.3, -0.25) is 0 Å². The molecule has 2 aliphatic heterocycles. The van der Waals surface area contributed by atoms with Crippen molar-refractivity contribution >= 4 is 6.09 Å². The predicted molar refractivity (Wildman–Crippen MR) is 56.4 cm³/mol. The minimum atomic E-state index is -0.864. The molecular weight excluding hydrogens is 212 g/mol. The Morgan fingerprint density at radius 2 is 2.19 bits per heavy atom. The number of hydrogen-bond donors (Lipinski definition) is 3. The Balaban J connectivity index is 1.93. The van der Waals surface area contributed by atoms with Gasteiger partial charge in [0.2, 0.25) is 0 Å². The van der Waals surface area contributed by atoms with E-state index < -0.39 is 6.09 Å². The molecule has 0 aromatic carbocycles. The lowest BCUT2D eigenvalue weighted by molar-refractivity contribution is -0.150. The average Bonchev–Trinajstić information content (AvgIpc) is 2.29. The number of likely N-dealkylation sites (tertiary alicyclic amines) is 1. The van der Waals surface area contributed by atoms with Crippen molar-refractivity contribution in [3.63, 3.8) is 0 Å². The zero-order chi connectivity index (χ0) is 11.6. The van der Waals surface area contributed by atoms with Crippen molar-refractivity contribution in [1.29, 1.82) is 0 Å². The van der Waals surface area contributed by atoms with E-state index in [1.165, 1.54) is 4.90 Å². The number of carboxylic acid groups (broad SMARTS) is 1. The number of hydrogen-bond acceptors (Lipinski definition) is 4. The summed E-state index contributed by atoms with van der Waals surface area (Å²) in [5.41, 5.74) is -0.280. The second kappa shape index (κ2) is 4.57. The van der Waals surface area contributed by atoms with Crippen molar-refractivity contribution in [1.82, 2.24) is 10.2 Å². The predicted octanol–water partition coefficient (Wildman–Crippen LogP) is -0.520. The van der Waals surface area contributed by atoms with Crippen molar-refractivity contribution in [2.24, 2.45) is 0 Å². The standard InChI is InChI=1S/C10H18N2O4/c13-6-8-5-11-7-10(16-8)1-3-12(4-2-10)9(14)15/h8,11,13H,1-7H2,(H,14,15). The smallest absolute Gasteiger partial charge is 0.407 e. The largest absolute Gasteiger partial charge is 0.465 e. The zero-order valence-electron chi connectivity index (χ0n) is 9.19. The normalized spacial score (nSPS) is 29.3. The summed E-state index contributed by atoms with van der Waals surface area (Å²) in [4.78, 5) is 12.2. The number of rotatable bonds is 1. The minimum absolute atomic E-state index is 0.0113. The van der Waals surface area contributed by atoms with Crippen LogP contribution in [-0.2, 0) is 4.74 Å². The highest BCUT2D eigenvalue weighted by Gasteiger charge is 2.40. The number of piperidine rings is 1. The molecule has 0 aromatic rings. The van der Waals surface area contributed by atoms with Crippen LogP contribution in [0.2, 0.25) is 0 Å². The van der Waals surface area contributed by atoms with Crippen LogP contribution in [0.4, 0.5) is 4.79 Å². The molecule has 0 radical (unpaired) electrons. The first kappa shape index (κ1) is 11.6. The SMILES string of the molecule is O=C(O)N1CCC2(CC1)CNCC(CO)O2.